The molecule has 0 amide bonds. The lowest BCUT2D eigenvalue weighted by atomic mass is 10.1. The van der Waals surface area contributed by atoms with E-state index in [-0.39, 0.29) is 17.2 Å². The van der Waals surface area contributed by atoms with Crippen molar-refractivity contribution in [2.75, 3.05) is 6.61 Å². The van der Waals surface area contributed by atoms with Gasteiger partial charge in [-0.05, 0) is 30.7 Å². The minimum Gasteiger partial charge on any atom is -0.462 e. The van der Waals surface area contributed by atoms with Gasteiger partial charge < -0.3 is 4.74 Å². The van der Waals surface area contributed by atoms with Crippen LogP contribution in [0.2, 0.25) is 5.02 Å². The maximum atomic E-state index is 13.8. The van der Waals surface area contributed by atoms with Crippen LogP contribution < -0.4 is 10.5 Å². The molecule has 164 valence electrons. The number of benzene rings is 2. The molecule has 3 aromatic heterocycles. The summed E-state index contributed by atoms with van der Waals surface area (Å²) in [6.07, 6.45) is 4.54. The number of H-pyrrole nitrogens is 1. The fourth-order valence-electron chi connectivity index (χ4n) is 3.80. The highest BCUT2D eigenvalue weighted by Crippen LogP contribution is 2.33. The Morgan fingerprint density at radius 3 is 2.73 bits per heavy atom. The standard InChI is InChI=1S/C24H16ClFN4O3/c1-2-33-24(32)16-11-27-21-20-17(14-6-4-3-5-7-14)12-29(15-8-9-19(26)18(25)10-15)22(20)28-13-30(21)23(16)31/h3-13H,2H2,1H3/p+1. The second-order valence-corrected chi connectivity index (χ2v) is 7.67. The SMILES string of the molecule is CCOC(=O)c1cnc2c3c(-c4ccccc4)cn(-c4ccc(F)c(Cl)c4)c3[nH+]cn2c1=O. The van der Waals surface area contributed by atoms with Crippen molar-refractivity contribution in [2.45, 2.75) is 6.92 Å². The lowest BCUT2D eigenvalue weighted by molar-refractivity contribution is -0.354. The first kappa shape index (κ1) is 20.8. The predicted octanol–water partition coefficient (Wildman–Crippen LogP) is 4.09. The summed E-state index contributed by atoms with van der Waals surface area (Å²) in [6, 6.07) is 14.0. The van der Waals surface area contributed by atoms with Crippen molar-refractivity contribution in [3.8, 4) is 16.8 Å². The molecule has 0 saturated heterocycles. The maximum Gasteiger partial charge on any atom is 0.346 e. The van der Waals surface area contributed by atoms with Gasteiger partial charge >= 0.3 is 11.5 Å². The molecule has 0 bridgehead atoms. The number of carbonyl (C=O) groups is 1. The zero-order valence-electron chi connectivity index (χ0n) is 17.4. The van der Waals surface area contributed by atoms with Crippen molar-refractivity contribution >= 4 is 34.3 Å². The number of nitrogens with one attached hydrogen (secondary N) is 1. The molecule has 0 aliphatic rings. The summed E-state index contributed by atoms with van der Waals surface area (Å²) >= 11 is 6.03. The number of hydrogen-bond donors (Lipinski definition) is 0. The summed E-state index contributed by atoms with van der Waals surface area (Å²) in [4.78, 5) is 32.8. The van der Waals surface area contributed by atoms with Crippen LogP contribution in [0.4, 0.5) is 4.39 Å². The number of halogens is 2. The Bertz CT molecular complexity index is 1600. The second-order valence-electron chi connectivity index (χ2n) is 7.27. The molecule has 0 atom stereocenters. The van der Waals surface area contributed by atoms with E-state index < -0.39 is 17.3 Å². The van der Waals surface area contributed by atoms with E-state index in [1.807, 2.05) is 41.1 Å². The summed E-state index contributed by atoms with van der Waals surface area (Å²) in [5.74, 6) is -1.25. The van der Waals surface area contributed by atoms with Crippen LogP contribution in [0.15, 0.2) is 72.0 Å². The van der Waals surface area contributed by atoms with E-state index in [9.17, 15) is 14.0 Å². The van der Waals surface area contributed by atoms with Crippen molar-refractivity contribution in [1.29, 1.82) is 0 Å². The Labute approximate surface area is 191 Å². The van der Waals surface area contributed by atoms with E-state index in [0.29, 0.717) is 22.4 Å². The lowest BCUT2D eigenvalue weighted by Crippen LogP contribution is -2.27. The number of ether oxygens (including phenoxy) is 1. The summed E-state index contributed by atoms with van der Waals surface area (Å²) in [5.41, 5.74) is 2.57. The third-order valence-corrected chi connectivity index (χ3v) is 5.60. The molecule has 7 nitrogen and oxygen atoms in total. The Kier molecular flexibility index (Phi) is 5.14. The van der Waals surface area contributed by atoms with Crippen LogP contribution in [0.25, 0.3) is 33.5 Å². The molecule has 1 N–H and O–H groups in total. The van der Waals surface area contributed by atoms with Gasteiger partial charge in [-0.3, -0.25) is 4.98 Å². The van der Waals surface area contributed by atoms with Crippen LogP contribution in [0.3, 0.4) is 0 Å². The monoisotopic (exact) mass is 463 g/mol. The zero-order chi connectivity index (χ0) is 23.1. The first-order valence-electron chi connectivity index (χ1n) is 10.1. The smallest absolute Gasteiger partial charge is 0.346 e. The molecule has 2 aromatic carbocycles. The molecular weight excluding hydrogens is 447 g/mol. The zero-order valence-corrected chi connectivity index (χ0v) is 18.1. The molecule has 0 aliphatic heterocycles. The van der Waals surface area contributed by atoms with Gasteiger partial charge in [-0.2, -0.15) is 4.40 Å². The fraction of sp³-hybridized carbons (Fsp3) is 0.0833. The van der Waals surface area contributed by atoms with Crippen LogP contribution >= 0.6 is 11.6 Å². The summed E-state index contributed by atoms with van der Waals surface area (Å²) in [6.45, 7) is 1.81. The first-order valence-corrected chi connectivity index (χ1v) is 10.5. The van der Waals surface area contributed by atoms with Crippen molar-refractivity contribution in [1.82, 2.24) is 14.0 Å². The molecule has 0 radical (unpaired) electrons. The number of nitrogens with zero attached hydrogens (tertiary/aromatic N) is 3. The van der Waals surface area contributed by atoms with Crippen LogP contribution in [-0.2, 0) is 4.74 Å². The lowest BCUT2D eigenvalue weighted by Gasteiger charge is -2.04. The highest BCUT2D eigenvalue weighted by molar-refractivity contribution is 6.30. The van der Waals surface area contributed by atoms with Gasteiger partial charge in [0.2, 0.25) is 11.3 Å². The molecule has 33 heavy (non-hydrogen) atoms. The van der Waals surface area contributed by atoms with Crippen molar-refractivity contribution in [3.05, 3.63) is 94.0 Å². The molecular formula is C24H17ClFN4O3+. The Balaban J connectivity index is 1.85. The molecule has 0 aliphatic carbocycles. The molecule has 0 spiro atoms. The number of aromatic nitrogens is 4. The number of carbonyl (C=O) groups excluding carboxylic acids is 1. The molecule has 3 heterocycles. The summed E-state index contributed by atoms with van der Waals surface area (Å²) in [5, 5.41) is 0.640. The Hall–Kier alpha value is -4.04. The minimum absolute atomic E-state index is 0.00942. The highest BCUT2D eigenvalue weighted by Gasteiger charge is 2.25. The third-order valence-electron chi connectivity index (χ3n) is 5.31. The van der Waals surface area contributed by atoms with Crippen LogP contribution in [-0.4, -0.2) is 26.5 Å². The van der Waals surface area contributed by atoms with Gasteiger partial charge in [0.25, 0.3) is 0 Å². The molecule has 0 unspecified atom stereocenters. The van der Waals surface area contributed by atoms with Crippen molar-refractivity contribution in [3.63, 3.8) is 0 Å². The van der Waals surface area contributed by atoms with E-state index in [0.717, 1.165) is 11.1 Å². The van der Waals surface area contributed by atoms with E-state index in [2.05, 4.69) is 9.97 Å². The Morgan fingerprint density at radius 1 is 1.21 bits per heavy atom. The van der Waals surface area contributed by atoms with E-state index >= 15 is 0 Å². The average molecular weight is 464 g/mol. The van der Waals surface area contributed by atoms with Crippen LogP contribution in [0.5, 0.6) is 0 Å². The fourth-order valence-corrected chi connectivity index (χ4v) is 3.97. The molecule has 5 rings (SSSR count). The van der Waals surface area contributed by atoms with E-state index in [1.165, 1.54) is 29.1 Å². The van der Waals surface area contributed by atoms with Crippen molar-refractivity contribution in [2.24, 2.45) is 0 Å². The number of hydrogen-bond acceptors (Lipinski definition) is 4. The van der Waals surface area contributed by atoms with E-state index in [4.69, 9.17) is 16.3 Å². The second kappa shape index (κ2) is 8.14. The van der Waals surface area contributed by atoms with Gasteiger partial charge in [-0.1, -0.05) is 41.9 Å². The molecule has 5 aromatic rings. The van der Waals surface area contributed by atoms with Gasteiger partial charge in [-0.15, -0.1) is 0 Å². The summed E-state index contributed by atoms with van der Waals surface area (Å²) < 4.78 is 21.8. The first-order chi connectivity index (χ1) is 16.0. The van der Waals surface area contributed by atoms with Crippen LogP contribution in [0, 0.1) is 5.82 Å². The molecule has 0 fully saturated rings. The predicted molar refractivity (Wildman–Crippen MR) is 121 cm³/mol. The maximum absolute atomic E-state index is 13.8. The van der Waals surface area contributed by atoms with Crippen molar-refractivity contribution < 1.29 is 18.9 Å². The third kappa shape index (κ3) is 3.44. The summed E-state index contributed by atoms with van der Waals surface area (Å²) in [7, 11) is 0. The number of aromatic amines is 1. The number of fused-ring (bicyclic) bond motifs is 3. The highest BCUT2D eigenvalue weighted by atomic mass is 35.5. The topological polar surface area (TPSA) is 79.7 Å². The Morgan fingerprint density at radius 2 is 2.00 bits per heavy atom. The van der Waals surface area contributed by atoms with Gasteiger partial charge in [0.05, 0.1) is 24.0 Å². The minimum atomic E-state index is -0.730. The quantitative estimate of drug-likeness (QED) is 0.376. The van der Waals surface area contributed by atoms with Gasteiger partial charge in [0.15, 0.2) is 11.9 Å². The number of esters is 1. The van der Waals surface area contributed by atoms with E-state index in [1.54, 1.807) is 13.0 Å². The normalized spacial score (nSPS) is 11.2. The van der Waals surface area contributed by atoms with Gasteiger partial charge in [0.1, 0.15) is 16.9 Å². The molecule has 9 heteroatoms. The van der Waals surface area contributed by atoms with Gasteiger partial charge in [-0.25, -0.2) is 23.5 Å². The molecule has 0 saturated carbocycles. The van der Waals surface area contributed by atoms with Gasteiger partial charge in [0, 0.05) is 5.56 Å². The number of rotatable bonds is 4. The largest absolute Gasteiger partial charge is 0.462 e. The average Bonchev–Trinajstić information content (AvgIpc) is 3.22. The van der Waals surface area contributed by atoms with Crippen LogP contribution in [0.1, 0.15) is 17.3 Å².